The number of anilines is 1. The van der Waals surface area contributed by atoms with Crippen molar-refractivity contribution in [3.8, 4) is 0 Å². The third-order valence-electron chi connectivity index (χ3n) is 2.01. The van der Waals surface area contributed by atoms with Gasteiger partial charge in [-0.2, -0.15) is 13.2 Å². The molecule has 0 fully saturated rings. The SMILES string of the molecule is CN(CC(F)(F)F)C(=O)c1ccc(N)c(Br)c1. The average Bonchev–Trinajstić information content (AvgIpc) is 2.18. The number of nitrogen functional groups attached to an aromatic ring is 1. The Morgan fingerprint density at radius 1 is 1.47 bits per heavy atom. The summed E-state index contributed by atoms with van der Waals surface area (Å²) in [6.07, 6.45) is -4.41. The van der Waals surface area contributed by atoms with Gasteiger partial charge in [-0.1, -0.05) is 0 Å². The molecule has 2 N–H and O–H groups in total. The zero-order valence-corrected chi connectivity index (χ0v) is 10.5. The summed E-state index contributed by atoms with van der Waals surface area (Å²) in [5.41, 5.74) is 6.08. The van der Waals surface area contributed by atoms with Crippen LogP contribution in [0.1, 0.15) is 10.4 Å². The van der Waals surface area contributed by atoms with Crippen LogP contribution in [0.2, 0.25) is 0 Å². The van der Waals surface area contributed by atoms with Gasteiger partial charge in [0.1, 0.15) is 6.54 Å². The Morgan fingerprint density at radius 3 is 2.53 bits per heavy atom. The van der Waals surface area contributed by atoms with Crippen LogP contribution in [0, 0.1) is 0 Å². The second-order valence-electron chi connectivity index (χ2n) is 3.51. The van der Waals surface area contributed by atoms with Crippen LogP contribution >= 0.6 is 15.9 Å². The molecule has 1 aromatic rings. The molecule has 0 unspecified atom stereocenters. The first-order chi connectivity index (χ1) is 7.70. The van der Waals surface area contributed by atoms with Gasteiger partial charge < -0.3 is 10.6 Å². The lowest BCUT2D eigenvalue weighted by atomic mass is 10.2. The minimum absolute atomic E-state index is 0.151. The monoisotopic (exact) mass is 310 g/mol. The van der Waals surface area contributed by atoms with Crippen molar-refractivity contribution in [2.45, 2.75) is 6.18 Å². The topological polar surface area (TPSA) is 46.3 Å². The number of alkyl halides is 3. The van der Waals surface area contributed by atoms with E-state index in [2.05, 4.69) is 15.9 Å². The molecule has 0 aliphatic carbocycles. The molecule has 0 saturated heterocycles. The molecule has 0 aliphatic heterocycles. The zero-order chi connectivity index (χ0) is 13.2. The fourth-order valence-electron chi connectivity index (χ4n) is 1.22. The van der Waals surface area contributed by atoms with E-state index in [0.717, 1.165) is 7.05 Å². The van der Waals surface area contributed by atoms with Gasteiger partial charge in [0.15, 0.2) is 0 Å². The predicted molar refractivity (Wildman–Crippen MR) is 61.6 cm³/mol. The van der Waals surface area contributed by atoms with Crippen molar-refractivity contribution >= 4 is 27.5 Å². The van der Waals surface area contributed by atoms with Gasteiger partial charge in [0, 0.05) is 22.8 Å². The molecule has 0 radical (unpaired) electrons. The average molecular weight is 311 g/mol. The third kappa shape index (κ3) is 3.92. The molecule has 94 valence electrons. The summed E-state index contributed by atoms with van der Waals surface area (Å²) in [5, 5.41) is 0. The van der Waals surface area contributed by atoms with Gasteiger partial charge >= 0.3 is 6.18 Å². The van der Waals surface area contributed by atoms with Crippen molar-refractivity contribution in [1.29, 1.82) is 0 Å². The van der Waals surface area contributed by atoms with Crippen LogP contribution in [0.15, 0.2) is 22.7 Å². The number of halogens is 4. The van der Waals surface area contributed by atoms with Crippen molar-refractivity contribution in [2.24, 2.45) is 0 Å². The standard InChI is InChI=1S/C10H10BrF3N2O/c1-16(5-10(12,13)14)9(17)6-2-3-8(15)7(11)4-6/h2-4H,5,15H2,1H3. The maximum absolute atomic E-state index is 12.1. The highest BCUT2D eigenvalue weighted by atomic mass is 79.9. The lowest BCUT2D eigenvalue weighted by Crippen LogP contribution is -2.35. The number of rotatable bonds is 2. The van der Waals surface area contributed by atoms with Crippen molar-refractivity contribution in [3.05, 3.63) is 28.2 Å². The number of carbonyl (C=O) groups excluding carboxylic acids is 1. The number of nitrogens with two attached hydrogens (primary N) is 1. The van der Waals surface area contributed by atoms with E-state index < -0.39 is 18.6 Å². The first-order valence-electron chi connectivity index (χ1n) is 4.58. The van der Waals surface area contributed by atoms with Crippen molar-refractivity contribution < 1.29 is 18.0 Å². The molecule has 1 rings (SSSR count). The molecule has 0 atom stereocenters. The maximum Gasteiger partial charge on any atom is 0.406 e. The first kappa shape index (κ1) is 13.8. The van der Waals surface area contributed by atoms with E-state index in [0.29, 0.717) is 15.1 Å². The van der Waals surface area contributed by atoms with Gasteiger partial charge in [-0.3, -0.25) is 4.79 Å². The molecule has 0 spiro atoms. The number of carbonyl (C=O) groups is 1. The minimum Gasteiger partial charge on any atom is -0.398 e. The van der Waals surface area contributed by atoms with Gasteiger partial charge in [0.05, 0.1) is 0 Å². The molecule has 0 heterocycles. The van der Waals surface area contributed by atoms with E-state index in [9.17, 15) is 18.0 Å². The number of benzene rings is 1. The highest BCUT2D eigenvalue weighted by Gasteiger charge is 2.31. The molecule has 0 aromatic heterocycles. The van der Waals surface area contributed by atoms with Crippen molar-refractivity contribution in [2.75, 3.05) is 19.3 Å². The Morgan fingerprint density at radius 2 is 2.06 bits per heavy atom. The summed E-state index contributed by atoms with van der Waals surface area (Å²) >= 11 is 3.11. The molecule has 1 amide bonds. The van der Waals surface area contributed by atoms with Crippen LogP contribution in [0.4, 0.5) is 18.9 Å². The van der Waals surface area contributed by atoms with Crippen LogP contribution in [0.5, 0.6) is 0 Å². The molecule has 0 bridgehead atoms. The van der Waals surface area contributed by atoms with Gasteiger partial charge in [0.2, 0.25) is 0 Å². The second-order valence-corrected chi connectivity index (χ2v) is 4.37. The van der Waals surface area contributed by atoms with Gasteiger partial charge in [-0.25, -0.2) is 0 Å². The highest BCUT2D eigenvalue weighted by molar-refractivity contribution is 9.10. The fourth-order valence-corrected chi connectivity index (χ4v) is 1.60. The molecule has 17 heavy (non-hydrogen) atoms. The molecular formula is C10H10BrF3N2O. The van der Waals surface area contributed by atoms with Gasteiger partial charge in [-0.15, -0.1) is 0 Å². The maximum atomic E-state index is 12.1. The number of nitrogens with zero attached hydrogens (tertiary/aromatic N) is 1. The van der Waals surface area contributed by atoms with E-state index >= 15 is 0 Å². The predicted octanol–water partition coefficient (Wildman–Crippen LogP) is 2.67. The number of amides is 1. The second kappa shape index (κ2) is 4.95. The Kier molecular flexibility index (Phi) is 4.03. The summed E-state index contributed by atoms with van der Waals surface area (Å²) in [7, 11) is 1.10. The summed E-state index contributed by atoms with van der Waals surface area (Å²) < 4.78 is 36.8. The van der Waals surface area contributed by atoms with E-state index in [1.807, 2.05) is 0 Å². The van der Waals surface area contributed by atoms with Crippen LogP contribution < -0.4 is 5.73 Å². The van der Waals surface area contributed by atoms with Crippen molar-refractivity contribution in [3.63, 3.8) is 0 Å². The normalized spacial score (nSPS) is 11.4. The Hall–Kier alpha value is -1.24. The number of hydrogen-bond acceptors (Lipinski definition) is 2. The van der Waals surface area contributed by atoms with Gasteiger partial charge in [0.25, 0.3) is 5.91 Å². The highest BCUT2D eigenvalue weighted by Crippen LogP contribution is 2.22. The van der Waals surface area contributed by atoms with E-state index in [4.69, 9.17) is 5.73 Å². The van der Waals surface area contributed by atoms with Crippen LogP contribution in [-0.4, -0.2) is 30.6 Å². The molecule has 0 aliphatic rings. The third-order valence-corrected chi connectivity index (χ3v) is 2.70. The summed E-state index contributed by atoms with van der Waals surface area (Å²) in [6.45, 7) is -1.28. The summed E-state index contributed by atoms with van der Waals surface area (Å²) in [5.74, 6) is -0.706. The zero-order valence-electron chi connectivity index (χ0n) is 8.88. The molecule has 0 saturated carbocycles. The van der Waals surface area contributed by atoms with E-state index in [1.165, 1.54) is 18.2 Å². The quantitative estimate of drug-likeness (QED) is 0.854. The lowest BCUT2D eigenvalue weighted by molar-refractivity contribution is -0.138. The Bertz CT molecular complexity index is 434. The van der Waals surface area contributed by atoms with Crippen LogP contribution in [-0.2, 0) is 0 Å². The molecular weight excluding hydrogens is 301 g/mol. The number of hydrogen-bond donors (Lipinski definition) is 1. The minimum atomic E-state index is -4.41. The van der Waals surface area contributed by atoms with Crippen LogP contribution in [0.3, 0.4) is 0 Å². The molecule has 3 nitrogen and oxygen atoms in total. The van der Waals surface area contributed by atoms with Crippen LogP contribution in [0.25, 0.3) is 0 Å². The van der Waals surface area contributed by atoms with E-state index in [-0.39, 0.29) is 5.56 Å². The Labute approximate surface area is 105 Å². The molecule has 7 heteroatoms. The first-order valence-corrected chi connectivity index (χ1v) is 5.37. The Balaban J connectivity index is 2.85. The smallest absolute Gasteiger partial charge is 0.398 e. The largest absolute Gasteiger partial charge is 0.406 e. The molecule has 1 aromatic carbocycles. The fraction of sp³-hybridized carbons (Fsp3) is 0.300. The summed E-state index contributed by atoms with van der Waals surface area (Å²) in [4.78, 5) is 12.3. The van der Waals surface area contributed by atoms with E-state index in [1.54, 1.807) is 0 Å². The summed E-state index contributed by atoms with van der Waals surface area (Å²) in [6, 6.07) is 4.23. The van der Waals surface area contributed by atoms with Crippen molar-refractivity contribution in [1.82, 2.24) is 4.90 Å². The van der Waals surface area contributed by atoms with Gasteiger partial charge in [-0.05, 0) is 34.1 Å². The lowest BCUT2D eigenvalue weighted by Gasteiger charge is -2.19.